The quantitative estimate of drug-likeness (QED) is 0.684. The number of unbranched alkanes of at least 4 members (excludes halogenated alkanes) is 2. The summed E-state index contributed by atoms with van der Waals surface area (Å²) >= 11 is 0. The van der Waals surface area contributed by atoms with Gasteiger partial charge in [0.25, 0.3) is 0 Å². The summed E-state index contributed by atoms with van der Waals surface area (Å²) in [5.41, 5.74) is 0.228. The van der Waals surface area contributed by atoms with Gasteiger partial charge >= 0.3 is 0 Å². The second-order valence-corrected chi connectivity index (χ2v) is 7.17. The smallest absolute Gasteiger partial charge is 0.237 e. The summed E-state index contributed by atoms with van der Waals surface area (Å²) in [5, 5.41) is 3.35. The molecule has 1 rings (SSSR count). The second kappa shape index (κ2) is 7.28. The summed E-state index contributed by atoms with van der Waals surface area (Å²) in [6.07, 6.45) is 6.34. The van der Waals surface area contributed by atoms with Crippen molar-refractivity contribution in [2.75, 3.05) is 13.1 Å². The lowest BCUT2D eigenvalue weighted by Crippen LogP contribution is -2.43. The average Bonchev–Trinajstić information content (AvgIpc) is 2.60. The topological polar surface area (TPSA) is 32.3 Å². The third-order valence-corrected chi connectivity index (χ3v) is 3.94. The van der Waals surface area contributed by atoms with Gasteiger partial charge in [0.1, 0.15) is 0 Å². The summed E-state index contributed by atoms with van der Waals surface area (Å²) in [4.78, 5) is 14.1. The Kier molecular flexibility index (Phi) is 6.31. The van der Waals surface area contributed by atoms with Gasteiger partial charge in [-0.2, -0.15) is 0 Å². The number of carbonyl (C=O) groups is 1. The SMILES string of the molecule is CCCCCC(C)(C)CN1C(=O)CNC1CC(C)C. The molecule has 1 heterocycles. The molecule has 1 N–H and O–H groups in total. The highest BCUT2D eigenvalue weighted by molar-refractivity contribution is 5.80. The Hall–Kier alpha value is -0.570. The van der Waals surface area contributed by atoms with Crippen LogP contribution < -0.4 is 5.32 Å². The lowest BCUT2D eigenvalue weighted by molar-refractivity contribution is -0.129. The van der Waals surface area contributed by atoms with Crippen LogP contribution in [0.3, 0.4) is 0 Å². The van der Waals surface area contributed by atoms with Crippen molar-refractivity contribution in [2.24, 2.45) is 11.3 Å². The van der Waals surface area contributed by atoms with Gasteiger partial charge in [0.05, 0.1) is 12.7 Å². The molecule has 19 heavy (non-hydrogen) atoms. The summed E-state index contributed by atoms with van der Waals surface area (Å²) in [5.74, 6) is 0.892. The first kappa shape index (κ1) is 16.5. The molecule has 3 heteroatoms. The van der Waals surface area contributed by atoms with Gasteiger partial charge in [-0.05, 0) is 24.2 Å². The number of nitrogens with zero attached hydrogens (tertiary/aromatic N) is 1. The van der Waals surface area contributed by atoms with Crippen molar-refractivity contribution in [1.29, 1.82) is 0 Å². The zero-order valence-corrected chi connectivity index (χ0v) is 13.5. The molecule has 0 saturated carbocycles. The van der Waals surface area contributed by atoms with E-state index in [1.807, 2.05) is 0 Å². The third-order valence-electron chi connectivity index (χ3n) is 3.94. The average molecular weight is 268 g/mol. The molecule has 1 atom stereocenters. The Bertz CT molecular complexity index is 286. The van der Waals surface area contributed by atoms with Crippen molar-refractivity contribution in [3.63, 3.8) is 0 Å². The molecule has 0 aromatic heterocycles. The predicted octanol–water partition coefficient (Wildman–Crippen LogP) is 3.40. The summed E-state index contributed by atoms with van der Waals surface area (Å²) < 4.78 is 0. The molecule has 1 unspecified atom stereocenters. The molecule has 0 aromatic carbocycles. The van der Waals surface area contributed by atoms with Gasteiger partial charge in [0, 0.05) is 6.54 Å². The Morgan fingerprint density at radius 3 is 2.63 bits per heavy atom. The molecule has 1 amide bonds. The fraction of sp³-hybridized carbons (Fsp3) is 0.938. The molecule has 112 valence electrons. The first-order chi connectivity index (χ1) is 8.85. The molecule has 0 aliphatic carbocycles. The van der Waals surface area contributed by atoms with Crippen LogP contribution in [-0.4, -0.2) is 30.1 Å². The highest BCUT2D eigenvalue weighted by atomic mass is 16.2. The van der Waals surface area contributed by atoms with Crippen molar-refractivity contribution in [3.05, 3.63) is 0 Å². The first-order valence-corrected chi connectivity index (χ1v) is 7.88. The van der Waals surface area contributed by atoms with Crippen molar-refractivity contribution < 1.29 is 4.79 Å². The molecule has 0 aromatic rings. The van der Waals surface area contributed by atoms with Gasteiger partial charge in [0.2, 0.25) is 5.91 Å². The van der Waals surface area contributed by atoms with Crippen molar-refractivity contribution in [3.8, 4) is 0 Å². The van der Waals surface area contributed by atoms with Crippen molar-refractivity contribution in [2.45, 2.75) is 72.9 Å². The van der Waals surface area contributed by atoms with E-state index in [0.717, 1.165) is 13.0 Å². The normalized spacial score (nSPS) is 20.6. The number of amides is 1. The van der Waals surface area contributed by atoms with E-state index in [1.54, 1.807) is 0 Å². The van der Waals surface area contributed by atoms with Crippen LogP contribution in [0.15, 0.2) is 0 Å². The largest absolute Gasteiger partial charge is 0.326 e. The van der Waals surface area contributed by atoms with Gasteiger partial charge in [0.15, 0.2) is 0 Å². The minimum atomic E-state index is 0.228. The summed E-state index contributed by atoms with van der Waals surface area (Å²) in [6.45, 7) is 12.7. The van der Waals surface area contributed by atoms with Crippen LogP contribution in [0, 0.1) is 11.3 Å². The minimum Gasteiger partial charge on any atom is -0.326 e. The maximum Gasteiger partial charge on any atom is 0.237 e. The van der Waals surface area contributed by atoms with Crippen LogP contribution in [0.5, 0.6) is 0 Å². The van der Waals surface area contributed by atoms with E-state index in [-0.39, 0.29) is 17.5 Å². The molecule has 3 nitrogen and oxygen atoms in total. The van der Waals surface area contributed by atoms with Crippen molar-refractivity contribution in [1.82, 2.24) is 10.2 Å². The first-order valence-electron chi connectivity index (χ1n) is 7.88. The molecule has 1 aliphatic rings. The summed E-state index contributed by atoms with van der Waals surface area (Å²) in [6, 6.07) is 0. The molecular formula is C16H32N2O. The molecular weight excluding hydrogens is 236 g/mol. The number of hydrogen-bond acceptors (Lipinski definition) is 2. The monoisotopic (exact) mass is 268 g/mol. The van der Waals surface area contributed by atoms with E-state index < -0.39 is 0 Å². The Morgan fingerprint density at radius 2 is 2.05 bits per heavy atom. The molecule has 0 bridgehead atoms. The molecule has 0 radical (unpaired) electrons. The molecule has 1 fully saturated rings. The molecule has 0 spiro atoms. The van der Waals surface area contributed by atoms with E-state index in [9.17, 15) is 4.79 Å². The lowest BCUT2D eigenvalue weighted by Gasteiger charge is -2.34. The number of nitrogens with one attached hydrogen (secondary N) is 1. The standard InChI is InChI=1S/C16H32N2O/c1-6-7-8-9-16(4,5)12-18-14(10-13(2)3)17-11-15(18)19/h13-14,17H,6-12H2,1-5H3. The number of hydrogen-bond donors (Lipinski definition) is 1. The second-order valence-electron chi connectivity index (χ2n) is 7.17. The maximum atomic E-state index is 12.0. The van der Waals surface area contributed by atoms with Crippen molar-refractivity contribution >= 4 is 5.91 Å². The van der Waals surface area contributed by atoms with E-state index >= 15 is 0 Å². The molecule has 1 saturated heterocycles. The Labute approximate surface area is 119 Å². The fourth-order valence-corrected chi connectivity index (χ4v) is 2.84. The highest BCUT2D eigenvalue weighted by Crippen LogP contribution is 2.27. The van der Waals surface area contributed by atoms with E-state index in [1.165, 1.54) is 25.7 Å². The van der Waals surface area contributed by atoms with Gasteiger partial charge in [-0.15, -0.1) is 0 Å². The van der Waals surface area contributed by atoms with E-state index in [4.69, 9.17) is 0 Å². The lowest BCUT2D eigenvalue weighted by atomic mass is 9.86. The van der Waals surface area contributed by atoms with E-state index in [2.05, 4.69) is 44.8 Å². The Morgan fingerprint density at radius 1 is 1.37 bits per heavy atom. The Balaban J connectivity index is 2.53. The zero-order valence-electron chi connectivity index (χ0n) is 13.5. The van der Waals surface area contributed by atoms with Crippen LogP contribution >= 0.6 is 0 Å². The van der Waals surface area contributed by atoms with Crippen LogP contribution in [0.2, 0.25) is 0 Å². The van der Waals surface area contributed by atoms with Crippen LogP contribution in [0.25, 0.3) is 0 Å². The fourth-order valence-electron chi connectivity index (χ4n) is 2.84. The van der Waals surface area contributed by atoms with Gasteiger partial charge in [-0.3, -0.25) is 10.1 Å². The van der Waals surface area contributed by atoms with Gasteiger partial charge in [-0.1, -0.05) is 53.9 Å². The number of carbonyl (C=O) groups excluding carboxylic acids is 1. The summed E-state index contributed by atoms with van der Waals surface area (Å²) in [7, 11) is 0. The zero-order chi connectivity index (χ0) is 14.5. The van der Waals surface area contributed by atoms with Gasteiger partial charge in [-0.25, -0.2) is 0 Å². The van der Waals surface area contributed by atoms with Crippen LogP contribution in [0.4, 0.5) is 0 Å². The van der Waals surface area contributed by atoms with Crippen LogP contribution in [0.1, 0.15) is 66.7 Å². The maximum absolute atomic E-state index is 12.0. The third kappa shape index (κ3) is 5.52. The highest BCUT2D eigenvalue weighted by Gasteiger charge is 2.34. The molecule has 1 aliphatic heterocycles. The van der Waals surface area contributed by atoms with Gasteiger partial charge < -0.3 is 4.90 Å². The van der Waals surface area contributed by atoms with E-state index in [0.29, 0.717) is 12.5 Å². The van der Waals surface area contributed by atoms with Crippen LogP contribution in [-0.2, 0) is 4.79 Å². The minimum absolute atomic E-state index is 0.228. The predicted molar refractivity (Wildman–Crippen MR) is 80.9 cm³/mol. The number of rotatable bonds is 8.